The first-order valence-electron chi connectivity index (χ1n) is 40.9. The molecule has 7 rings (SSSR count). The third kappa shape index (κ3) is 27.5. The van der Waals surface area contributed by atoms with Crippen molar-refractivity contribution in [3.05, 3.63) is 95.2 Å². The molecule has 22 N–H and O–H groups in total. The molecule has 7 saturated heterocycles. The van der Waals surface area contributed by atoms with Crippen molar-refractivity contribution in [1.82, 2.24) is 0 Å². The van der Waals surface area contributed by atoms with Crippen LogP contribution in [0.25, 0.3) is 0 Å². The lowest BCUT2D eigenvalue weighted by molar-refractivity contribution is -0.375. The standard InChI is InChI=1S/C82H134O38/c1-13-81(11,119-79-71(62(98)56(92)49(34-85)112-79)117-76-66(102)59(95)54(90)47(32-83)110-76)28-18-26-39(4)21-15-20-38(3)23-17-25-42(7)36-106-75-68(104)64(100)69(51(114-75)37-107-74-65(101)58(94)52(88)44(9)108-74)116-78-70(61(97)53(89)45(10)109-78)115-73(105)43(8)31-46(87)30-41(6)24-16-22-40(5)27-19-29-82(12,14-2)120-80-72(63(99)57(93)50(35-86)113-80)118-77-67(103)60(96)55(91)48(33-84)111-77/h13-14,20,24-27,31,44-72,74-80,83-104H,1-2,15-19,21-23,28-30,32-37H2,3-12H3. The maximum absolute atomic E-state index is 13.9. The third-order valence-corrected chi connectivity index (χ3v) is 22.9. The summed E-state index contributed by atoms with van der Waals surface area (Å²) in [4.78, 5) is 13.9. The van der Waals surface area contributed by atoms with Gasteiger partial charge in [-0.05, 0) is 146 Å². The molecule has 0 aromatic heterocycles. The fourth-order valence-electron chi connectivity index (χ4n) is 14.8. The monoisotopic (exact) mass is 1730 g/mol. The Hall–Kier alpha value is -4.05. The molecule has 7 fully saturated rings. The predicted molar refractivity (Wildman–Crippen MR) is 418 cm³/mol. The molecule has 0 amide bonds. The second-order valence-corrected chi connectivity index (χ2v) is 32.9. The van der Waals surface area contributed by atoms with Gasteiger partial charge in [-0.3, -0.25) is 0 Å². The Bertz CT molecular complexity index is 3340. The number of aliphatic hydroxyl groups is 22. The molecule has 7 aliphatic rings. The molecule has 38 unspecified atom stereocenters. The fraction of sp³-hybridized carbons (Fsp3) is 0.793. The van der Waals surface area contributed by atoms with E-state index in [0.29, 0.717) is 63.4 Å². The van der Waals surface area contributed by atoms with E-state index in [2.05, 4.69) is 19.2 Å². The van der Waals surface area contributed by atoms with Gasteiger partial charge in [0.15, 0.2) is 50.1 Å². The highest BCUT2D eigenvalue weighted by Gasteiger charge is 2.57. The SMILES string of the molecule is C=CC(C)(CCC=C(C)CCC=C(C)CCC=C(C)COC1OC(COC2OC(C)C(O)C(O)C2O)C(OC2OC(C)C(O)C(O)C2OC(=O)C(C)=CC(O)CC(C)=CCCC(C)=CCCC(C)(C=C)OC2OC(CO)C(O)C(O)C2OC2OC(CO)C(O)C(O)C2O)C(O)C1O)OC1OC(CO)C(O)C(O)C1OC1OC(CO)C(O)C(O)C1O. The first kappa shape index (κ1) is 103. The molecule has 0 spiro atoms. The van der Waals surface area contributed by atoms with Crippen LogP contribution in [-0.4, -0.2) is 390 Å². The highest BCUT2D eigenvalue weighted by Crippen LogP contribution is 2.39. The molecule has 0 bridgehead atoms. The number of aliphatic hydroxyl groups excluding tert-OH is 22. The van der Waals surface area contributed by atoms with E-state index in [9.17, 15) is 117 Å². The number of hydrogen-bond acceptors (Lipinski definition) is 38. The summed E-state index contributed by atoms with van der Waals surface area (Å²) in [6, 6.07) is 0. The Kier molecular flexibility index (Phi) is 40.9. The topological polar surface area (TPSA) is 601 Å². The molecule has 38 nitrogen and oxygen atoms in total. The number of allylic oxidation sites excluding steroid dienone is 8. The maximum Gasteiger partial charge on any atom is 0.334 e. The van der Waals surface area contributed by atoms with Gasteiger partial charge >= 0.3 is 5.97 Å². The second kappa shape index (κ2) is 47.7. The zero-order valence-electron chi connectivity index (χ0n) is 69.7. The summed E-state index contributed by atoms with van der Waals surface area (Å²) in [7, 11) is 0. The Labute approximate surface area is 698 Å². The van der Waals surface area contributed by atoms with Crippen molar-refractivity contribution in [3.63, 3.8) is 0 Å². The molecular formula is C82H134O38. The van der Waals surface area contributed by atoms with Crippen molar-refractivity contribution in [2.24, 2.45) is 0 Å². The number of esters is 1. The molecule has 0 aromatic carbocycles. The van der Waals surface area contributed by atoms with Gasteiger partial charge in [0.2, 0.25) is 0 Å². The zero-order valence-corrected chi connectivity index (χ0v) is 69.7. The first-order chi connectivity index (χ1) is 56.6. The van der Waals surface area contributed by atoms with Gasteiger partial charge in [0.1, 0.15) is 153 Å². The summed E-state index contributed by atoms with van der Waals surface area (Å²) in [5.74, 6) is -1.07. The molecule has 0 saturated carbocycles. The van der Waals surface area contributed by atoms with Crippen LogP contribution in [-0.2, 0) is 75.8 Å². The largest absolute Gasteiger partial charge is 0.451 e. The van der Waals surface area contributed by atoms with Crippen molar-refractivity contribution in [2.45, 2.75) is 372 Å². The zero-order chi connectivity index (χ0) is 89.1. The van der Waals surface area contributed by atoms with E-state index in [1.54, 1.807) is 27.7 Å². The molecule has 690 valence electrons. The van der Waals surface area contributed by atoms with E-state index in [0.717, 1.165) is 22.3 Å². The highest BCUT2D eigenvalue weighted by molar-refractivity contribution is 5.88. The van der Waals surface area contributed by atoms with Gasteiger partial charge in [-0.15, -0.1) is 13.2 Å². The van der Waals surface area contributed by atoms with Crippen molar-refractivity contribution in [2.75, 3.05) is 39.6 Å². The van der Waals surface area contributed by atoms with Gasteiger partial charge < -0.3 is 183 Å². The van der Waals surface area contributed by atoms with Crippen LogP contribution in [0.4, 0.5) is 0 Å². The Morgan fingerprint density at radius 3 is 1.15 bits per heavy atom. The molecule has 0 aromatic rings. The predicted octanol–water partition coefficient (Wildman–Crippen LogP) is -3.44. The summed E-state index contributed by atoms with van der Waals surface area (Å²) in [5.41, 5.74) is 2.11. The Balaban J connectivity index is 0.909. The summed E-state index contributed by atoms with van der Waals surface area (Å²) < 4.78 is 88.7. The summed E-state index contributed by atoms with van der Waals surface area (Å²) in [5, 5.41) is 235. The molecule has 38 heteroatoms. The average molecular weight is 1730 g/mol. The van der Waals surface area contributed by atoms with Crippen LogP contribution in [0.1, 0.15) is 140 Å². The Morgan fingerprint density at radius 1 is 0.375 bits per heavy atom. The van der Waals surface area contributed by atoms with Crippen LogP contribution in [0.3, 0.4) is 0 Å². The Morgan fingerprint density at radius 2 is 0.708 bits per heavy atom. The first-order valence-corrected chi connectivity index (χ1v) is 40.9. The van der Waals surface area contributed by atoms with Gasteiger partial charge in [0.25, 0.3) is 0 Å². The highest BCUT2D eigenvalue weighted by atomic mass is 16.8. The average Bonchev–Trinajstić information content (AvgIpc) is 0.787. The van der Waals surface area contributed by atoms with Crippen LogP contribution in [0, 0.1) is 0 Å². The molecule has 120 heavy (non-hydrogen) atoms. The van der Waals surface area contributed by atoms with E-state index in [-0.39, 0.29) is 25.0 Å². The number of carbonyl (C=O) groups is 1. The second-order valence-electron chi connectivity index (χ2n) is 32.9. The fourth-order valence-corrected chi connectivity index (χ4v) is 14.8. The molecule has 7 heterocycles. The van der Waals surface area contributed by atoms with Crippen molar-refractivity contribution in [1.29, 1.82) is 0 Å². The van der Waals surface area contributed by atoms with Gasteiger partial charge in [-0.1, -0.05) is 70.4 Å². The quantitative estimate of drug-likeness (QED) is 0.0161. The van der Waals surface area contributed by atoms with Crippen LogP contribution in [0.2, 0.25) is 0 Å². The van der Waals surface area contributed by atoms with Gasteiger partial charge in [-0.2, -0.15) is 0 Å². The van der Waals surface area contributed by atoms with Crippen LogP contribution in [0.15, 0.2) is 95.2 Å². The van der Waals surface area contributed by atoms with Gasteiger partial charge in [-0.25, -0.2) is 4.79 Å². The van der Waals surface area contributed by atoms with Gasteiger partial charge in [0.05, 0.1) is 69.2 Å². The summed E-state index contributed by atoms with van der Waals surface area (Å²) >= 11 is 0. The van der Waals surface area contributed by atoms with E-state index >= 15 is 0 Å². The minimum absolute atomic E-state index is 0.0718. The van der Waals surface area contributed by atoms with Crippen molar-refractivity contribution in [3.8, 4) is 0 Å². The minimum atomic E-state index is -1.91. The molecule has 0 radical (unpaired) electrons. The van der Waals surface area contributed by atoms with E-state index in [1.807, 2.05) is 45.1 Å². The smallest absolute Gasteiger partial charge is 0.334 e. The number of rotatable bonds is 42. The molecular weight excluding hydrogens is 1590 g/mol. The lowest BCUT2D eigenvalue weighted by Crippen LogP contribution is -2.65. The van der Waals surface area contributed by atoms with Crippen molar-refractivity contribution >= 4 is 5.97 Å². The van der Waals surface area contributed by atoms with Crippen LogP contribution >= 0.6 is 0 Å². The molecule has 0 aliphatic carbocycles. The summed E-state index contributed by atoms with van der Waals surface area (Å²) in [6.07, 6.45) is -38.6. The van der Waals surface area contributed by atoms with Gasteiger partial charge in [0, 0.05) is 5.57 Å². The maximum atomic E-state index is 13.9. The van der Waals surface area contributed by atoms with E-state index in [1.165, 1.54) is 39.0 Å². The minimum Gasteiger partial charge on any atom is -0.451 e. The number of hydrogen-bond donors (Lipinski definition) is 22. The lowest BCUT2D eigenvalue weighted by atomic mass is 9.95. The van der Waals surface area contributed by atoms with Crippen LogP contribution < -0.4 is 0 Å². The van der Waals surface area contributed by atoms with E-state index in [4.69, 9.17) is 71.1 Å². The van der Waals surface area contributed by atoms with Crippen molar-refractivity contribution < 1.29 is 188 Å². The lowest BCUT2D eigenvalue weighted by Gasteiger charge is -2.47. The van der Waals surface area contributed by atoms with Crippen LogP contribution in [0.5, 0.6) is 0 Å². The number of ether oxygens (including phenoxy) is 15. The third-order valence-electron chi connectivity index (χ3n) is 22.9. The normalized spacial score (nSPS) is 41.1. The molecule has 7 aliphatic heterocycles. The van der Waals surface area contributed by atoms with E-state index < -0.39 is 271 Å². The molecule has 38 atom stereocenters. The number of carbonyl (C=O) groups excluding carboxylic acids is 1. The summed E-state index contributed by atoms with van der Waals surface area (Å²) in [6.45, 7) is 21.2.